The van der Waals surface area contributed by atoms with Crippen LogP contribution in [-0.4, -0.2) is 69.5 Å². The van der Waals surface area contributed by atoms with Gasteiger partial charge in [0.2, 0.25) is 11.8 Å². The molecule has 11 heteroatoms. The van der Waals surface area contributed by atoms with Crippen LogP contribution >= 0.6 is 0 Å². The Morgan fingerprint density at radius 3 is 2.47 bits per heavy atom. The van der Waals surface area contributed by atoms with Crippen molar-refractivity contribution in [3.63, 3.8) is 0 Å². The molecular formula is C27H31N5O6. The molecule has 2 heterocycles. The smallest absolute Gasteiger partial charge is 0.408 e. The monoisotopic (exact) mass is 521 g/mol. The second-order valence-electron chi connectivity index (χ2n) is 9.20. The summed E-state index contributed by atoms with van der Waals surface area (Å²) in [5.74, 6) is -1.15. The maximum atomic E-state index is 12.7. The van der Waals surface area contributed by atoms with Crippen LogP contribution < -0.4 is 10.6 Å². The number of carboxylic acid groups (broad SMARTS) is 1. The quantitative estimate of drug-likeness (QED) is 0.319. The normalized spacial score (nSPS) is 14.6. The number of imidazole rings is 1. The highest BCUT2D eigenvalue weighted by Gasteiger charge is 2.29. The first-order valence-electron chi connectivity index (χ1n) is 12.6. The number of likely N-dealkylation sites (tertiary alicyclic amines) is 1. The Bertz CT molecular complexity index is 1240. The maximum Gasteiger partial charge on any atom is 0.408 e. The van der Waals surface area contributed by atoms with Crippen molar-refractivity contribution in [2.45, 2.75) is 38.3 Å². The Balaban J connectivity index is 1.16. The van der Waals surface area contributed by atoms with Crippen molar-refractivity contribution in [2.24, 2.45) is 5.92 Å². The van der Waals surface area contributed by atoms with Gasteiger partial charge < -0.3 is 30.4 Å². The molecule has 1 aliphatic rings. The van der Waals surface area contributed by atoms with Crippen molar-refractivity contribution in [3.05, 3.63) is 66.0 Å². The number of piperidine rings is 1. The fraction of sp³-hybridized carbons (Fsp3) is 0.370. The fourth-order valence-corrected chi connectivity index (χ4v) is 4.35. The zero-order valence-electron chi connectivity index (χ0n) is 20.9. The van der Waals surface area contributed by atoms with Gasteiger partial charge in [-0.25, -0.2) is 14.6 Å². The van der Waals surface area contributed by atoms with E-state index in [1.165, 1.54) is 0 Å². The Morgan fingerprint density at radius 2 is 1.76 bits per heavy atom. The zero-order valence-corrected chi connectivity index (χ0v) is 20.9. The highest BCUT2D eigenvalue weighted by Crippen LogP contribution is 2.19. The molecule has 4 N–H and O–H groups in total. The van der Waals surface area contributed by atoms with Gasteiger partial charge in [0.1, 0.15) is 18.5 Å². The number of benzene rings is 2. The van der Waals surface area contributed by atoms with Gasteiger partial charge in [0.05, 0.1) is 11.0 Å². The number of aryl methyl sites for hydroxylation is 1. The van der Waals surface area contributed by atoms with Crippen LogP contribution in [0.3, 0.4) is 0 Å². The molecule has 0 bridgehead atoms. The number of carboxylic acids is 1. The lowest BCUT2D eigenvalue weighted by atomic mass is 9.95. The number of para-hydroxylation sites is 2. The lowest BCUT2D eigenvalue weighted by molar-refractivity contribution is -0.140. The summed E-state index contributed by atoms with van der Waals surface area (Å²) in [5, 5.41) is 14.3. The lowest BCUT2D eigenvalue weighted by Crippen LogP contribution is -2.50. The summed E-state index contributed by atoms with van der Waals surface area (Å²) < 4.78 is 5.06. The third-order valence-corrected chi connectivity index (χ3v) is 6.52. The van der Waals surface area contributed by atoms with Gasteiger partial charge in [-0.1, -0.05) is 42.5 Å². The third-order valence-electron chi connectivity index (χ3n) is 6.52. The van der Waals surface area contributed by atoms with Gasteiger partial charge in [-0.3, -0.25) is 9.59 Å². The Hall–Kier alpha value is -4.41. The third kappa shape index (κ3) is 7.31. The fourth-order valence-electron chi connectivity index (χ4n) is 4.35. The van der Waals surface area contributed by atoms with Crippen molar-refractivity contribution in [1.29, 1.82) is 0 Å². The molecule has 3 amide bonds. The summed E-state index contributed by atoms with van der Waals surface area (Å²) in [6, 6.07) is 15.4. The molecule has 4 rings (SSSR count). The second kappa shape index (κ2) is 12.7. The summed E-state index contributed by atoms with van der Waals surface area (Å²) in [4.78, 5) is 58.3. The molecule has 1 atom stereocenters. The molecule has 1 saturated heterocycles. The number of H-pyrrole nitrogens is 1. The first-order chi connectivity index (χ1) is 18.4. The molecule has 0 saturated carbocycles. The molecule has 0 spiro atoms. The van der Waals surface area contributed by atoms with E-state index in [1.807, 2.05) is 30.3 Å². The average molecular weight is 522 g/mol. The zero-order chi connectivity index (χ0) is 26.9. The van der Waals surface area contributed by atoms with E-state index in [1.54, 1.807) is 29.2 Å². The standard InChI is InChI=1S/C27H31N5O6/c33-24(11-10-23-29-20-8-4-5-9-21(20)30-23)32-14-12-19(13-15-32)25(34)28-16-22(26(35)36)31-27(37)38-17-18-6-2-1-3-7-18/h1-9,19,22H,10-17H2,(H,28,34)(H,29,30)(H,31,37)(H,35,36)/t22-/m0/s1. The van der Waals surface area contributed by atoms with Crippen molar-refractivity contribution in [3.8, 4) is 0 Å². The van der Waals surface area contributed by atoms with Crippen LogP contribution in [0.2, 0.25) is 0 Å². The molecule has 1 aliphatic heterocycles. The van der Waals surface area contributed by atoms with Crippen LogP contribution in [0.5, 0.6) is 0 Å². The molecule has 0 unspecified atom stereocenters. The first kappa shape index (κ1) is 26.6. The molecule has 3 aromatic rings. The highest BCUT2D eigenvalue weighted by atomic mass is 16.5. The van der Waals surface area contributed by atoms with Crippen LogP contribution in [0.4, 0.5) is 4.79 Å². The van der Waals surface area contributed by atoms with E-state index < -0.39 is 18.1 Å². The number of nitrogens with one attached hydrogen (secondary N) is 3. The number of amides is 3. The van der Waals surface area contributed by atoms with Gasteiger partial charge in [-0.05, 0) is 30.5 Å². The molecule has 200 valence electrons. The molecule has 38 heavy (non-hydrogen) atoms. The van der Waals surface area contributed by atoms with E-state index in [0.717, 1.165) is 22.4 Å². The summed E-state index contributed by atoms with van der Waals surface area (Å²) in [7, 11) is 0. The summed E-state index contributed by atoms with van der Waals surface area (Å²) >= 11 is 0. The number of carbonyl (C=O) groups is 4. The molecule has 0 aliphatic carbocycles. The van der Waals surface area contributed by atoms with Crippen molar-refractivity contribution < 1.29 is 29.0 Å². The van der Waals surface area contributed by atoms with Gasteiger partial charge >= 0.3 is 12.1 Å². The molecule has 2 aromatic carbocycles. The SMILES string of the molecule is O=C(N[C@@H](CNC(=O)C1CCN(C(=O)CCc2nc3ccccc3[nH]2)CC1)C(=O)O)OCc1ccccc1. The van der Waals surface area contributed by atoms with Gasteiger partial charge in [-0.2, -0.15) is 0 Å². The molecule has 11 nitrogen and oxygen atoms in total. The molecule has 1 fully saturated rings. The number of rotatable bonds is 10. The van der Waals surface area contributed by atoms with E-state index >= 15 is 0 Å². The van der Waals surface area contributed by atoms with E-state index in [9.17, 15) is 24.3 Å². The number of aromatic nitrogens is 2. The van der Waals surface area contributed by atoms with Crippen molar-refractivity contribution >= 4 is 34.9 Å². The van der Waals surface area contributed by atoms with E-state index in [-0.39, 0.29) is 30.9 Å². The summed E-state index contributed by atoms with van der Waals surface area (Å²) in [6.07, 6.45) is 0.901. The van der Waals surface area contributed by atoms with Gasteiger partial charge in [-0.15, -0.1) is 0 Å². The number of hydrogen-bond acceptors (Lipinski definition) is 6. The molecule has 0 radical (unpaired) electrons. The lowest BCUT2D eigenvalue weighted by Gasteiger charge is -2.31. The number of aliphatic carboxylic acids is 1. The molecule has 1 aromatic heterocycles. The van der Waals surface area contributed by atoms with Crippen LogP contribution in [-0.2, 0) is 32.1 Å². The molecular weight excluding hydrogens is 490 g/mol. The number of nitrogens with zero attached hydrogens (tertiary/aromatic N) is 2. The van der Waals surface area contributed by atoms with E-state index in [0.29, 0.717) is 38.8 Å². The van der Waals surface area contributed by atoms with Crippen LogP contribution in [0, 0.1) is 5.92 Å². The number of ether oxygens (including phenoxy) is 1. The maximum absolute atomic E-state index is 12.7. The topological polar surface area (TPSA) is 154 Å². The highest BCUT2D eigenvalue weighted by molar-refractivity contribution is 5.83. The van der Waals surface area contributed by atoms with Crippen LogP contribution in [0.25, 0.3) is 11.0 Å². The number of hydrogen-bond donors (Lipinski definition) is 4. The second-order valence-corrected chi connectivity index (χ2v) is 9.20. The van der Waals surface area contributed by atoms with Crippen LogP contribution in [0.15, 0.2) is 54.6 Å². The number of aromatic amines is 1. The first-order valence-corrected chi connectivity index (χ1v) is 12.6. The van der Waals surface area contributed by atoms with Gasteiger partial charge in [0.25, 0.3) is 0 Å². The number of alkyl carbamates (subject to hydrolysis) is 1. The Labute approximate surface area is 219 Å². The minimum atomic E-state index is -1.33. The van der Waals surface area contributed by atoms with Crippen LogP contribution in [0.1, 0.15) is 30.7 Å². The number of carbonyl (C=O) groups excluding carboxylic acids is 3. The van der Waals surface area contributed by atoms with Gasteiger partial charge in [0, 0.05) is 38.4 Å². The van der Waals surface area contributed by atoms with Crippen molar-refractivity contribution in [1.82, 2.24) is 25.5 Å². The summed E-state index contributed by atoms with van der Waals surface area (Å²) in [5.41, 5.74) is 2.57. The predicted molar refractivity (Wildman–Crippen MR) is 138 cm³/mol. The summed E-state index contributed by atoms with van der Waals surface area (Å²) in [6.45, 7) is 0.624. The Morgan fingerprint density at radius 1 is 1.05 bits per heavy atom. The average Bonchev–Trinajstić information content (AvgIpc) is 3.36. The van der Waals surface area contributed by atoms with Gasteiger partial charge in [0.15, 0.2) is 0 Å². The van der Waals surface area contributed by atoms with E-state index in [2.05, 4.69) is 20.6 Å². The minimum Gasteiger partial charge on any atom is -0.480 e. The number of fused-ring (bicyclic) bond motifs is 1. The predicted octanol–water partition coefficient (Wildman–Crippen LogP) is 2.23. The minimum absolute atomic E-state index is 0.000933. The largest absolute Gasteiger partial charge is 0.480 e. The van der Waals surface area contributed by atoms with Crippen molar-refractivity contribution in [2.75, 3.05) is 19.6 Å². The Kier molecular flexibility index (Phi) is 8.91. The van der Waals surface area contributed by atoms with E-state index in [4.69, 9.17) is 4.74 Å².